The van der Waals surface area contributed by atoms with Gasteiger partial charge in [0, 0.05) is 5.56 Å². The summed E-state index contributed by atoms with van der Waals surface area (Å²) in [5.74, 6) is 1.48. The number of hydrogen-bond acceptors (Lipinski definition) is 6. The van der Waals surface area contributed by atoms with Crippen LogP contribution in [0.5, 0.6) is 17.2 Å². The van der Waals surface area contributed by atoms with Gasteiger partial charge in [0.05, 0.1) is 31.6 Å². The molecule has 0 bridgehead atoms. The number of rotatable bonds is 9. The van der Waals surface area contributed by atoms with Crippen molar-refractivity contribution in [1.82, 2.24) is 5.43 Å². The Morgan fingerprint density at radius 2 is 1.88 bits per heavy atom. The number of benzene rings is 3. The molecular weight excluding hydrogens is 406 g/mol. The van der Waals surface area contributed by atoms with Gasteiger partial charge in [0.2, 0.25) is 0 Å². The van der Waals surface area contributed by atoms with Crippen LogP contribution in [0, 0.1) is 11.3 Å². The largest absolute Gasteiger partial charge is 0.494 e. The molecule has 32 heavy (non-hydrogen) atoms. The smallest absolute Gasteiger partial charge is 0.271 e. The molecule has 7 nitrogen and oxygen atoms in total. The quantitative estimate of drug-likeness (QED) is 0.404. The second-order valence-corrected chi connectivity index (χ2v) is 6.67. The summed E-state index contributed by atoms with van der Waals surface area (Å²) in [5.41, 5.74) is 5.17. The maximum Gasteiger partial charge on any atom is 0.271 e. The van der Waals surface area contributed by atoms with Crippen molar-refractivity contribution in [3.63, 3.8) is 0 Å². The van der Waals surface area contributed by atoms with Gasteiger partial charge in [-0.1, -0.05) is 12.1 Å². The van der Waals surface area contributed by atoms with E-state index in [1.807, 2.05) is 19.1 Å². The van der Waals surface area contributed by atoms with Crippen LogP contribution in [0.3, 0.4) is 0 Å². The van der Waals surface area contributed by atoms with Crippen molar-refractivity contribution in [3.8, 4) is 23.3 Å². The van der Waals surface area contributed by atoms with Crippen molar-refractivity contribution in [3.05, 3.63) is 89.0 Å². The lowest BCUT2D eigenvalue weighted by Crippen LogP contribution is -2.17. The average molecular weight is 429 g/mol. The second-order valence-electron chi connectivity index (χ2n) is 6.67. The summed E-state index contributed by atoms with van der Waals surface area (Å²) in [6.07, 6.45) is 1.52. The summed E-state index contributed by atoms with van der Waals surface area (Å²) < 4.78 is 16.6. The van der Waals surface area contributed by atoms with E-state index in [0.29, 0.717) is 41.6 Å². The van der Waals surface area contributed by atoms with Crippen LogP contribution in [0.2, 0.25) is 0 Å². The van der Waals surface area contributed by atoms with E-state index in [1.165, 1.54) is 6.21 Å². The van der Waals surface area contributed by atoms with Gasteiger partial charge in [0.1, 0.15) is 12.4 Å². The maximum atomic E-state index is 12.2. The number of hydrogen-bond donors (Lipinski definition) is 1. The fraction of sp³-hybridized carbons (Fsp3) is 0.160. The number of nitrogens with zero attached hydrogens (tertiary/aromatic N) is 2. The highest BCUT2D eigenvalue weighted by Gasteiger charge is 2.07. The molecule has 1 N–H and O–H groups in total. The van der Waals surface area contributed by atoms with E-state index < -0.39 is 0 Å². The molecule has 1 amide bonds. The summed E-state index contributed by atoms with van der Waals surface area (Å²) >= 11 is 0. The minimum atomic E-state index is -0.323. The van der Waals surface area contributed by atoms with Gasteiger partial charge in [-0.15, -0.1) is 0 Å². The van der Waals surface area contributed by atoms with Crippen LogP contribution in [0.25, 0.3) is 0 Å². The third kappa shape index (κ3) is 6.09. The Kier molecular flexibility index (Phi) is 7.82. The SMILES string of the molecule is CCOc1ccc(C(=O)N/N=C\c2ccc(OCc3cccc(C#N)c3)c(OC)c2)cc1. The number of nitrogens with one attached hydrogen (secondary N) is 1. The van der Waals surface area contributed by atoms with Crippen molar-refractivity contribution in [2.75, 3.05) is 13.7 Å². The third-order valence-corrected chi connectivity index (χ3v) is 4.45. The second kappa shape index (κ2) is 11.2. The van der Waals surface area contributed by atoms with Crippen LogP contribution in [0.4, 0.5) is 0 Å². The fourth-order valence-electron chi connectivity index (χ4n) is 2.87. The van der Waals surface area contributed by atoms with Gasteiger partial charge in [0.15, 0.2) is 11.5 Å². The Morgan fingerprint density at radius 3 is 2.59 bits per heavy atom. The van der Waals surface area contributed by atoms with E-state index in [4.69, 9.17) is 19.5 Å². The average Bonchev–Trinajstić information content (AvgIpc) is 2.83. The van der Waals surface area contributed by atoms with E-state index in [0.717, 1.165) is 11.1 Å². The zero-order valence-electron chi connectivity index (χ0n) is 17.9. The lowest BCUT2D eigenvalue weighted by atomic mass is 10.1. The highest BCUT2D eigenvalue weighted by atomic mass is 16.5. The Hall–Kier alpha value is -4.31. The number of amides is 1. The summed E-state index contributed by atoms with van der Waals surface area (Å²) in [7, 11) is 1.55. The Bertz CT molecular complexity index is 1130. The summed E-state index contributed by atoms with van der Waals surface area (Å²) in [6.45, 7) is 2.77. The van der Waals surface area contributed by atoms with E-state index in [1.54, 1.807) is 61.7 Å². The summed E-state index contributed by atoms with van der Waals surface area (Å²) in [5, 5.41) is 13.0. The number of hydrazone groups is 1. The highest BCUT2D eigenvalue weighted by molar-refractivity contribution is 5.95. The summed E-state index contributed by atoms with van der Waals surface area (Å²) in [6, 6.07) is 21.5. The molecule has 0 radical (unpaired) electrons. The first-order valence-corrected chi connectivity index (χ1v) is 9.99. The van der Waals surface area contributed by atoms with Crippen molar-refractivity contribution < 1.29 is 19.0 Å². The van der Waals surface area contributed by atoms with Crippen LogP contribution in [-0.2, 0) is 6.61 Å². The molecule has 0 aliphatic carbocycles. The number of carbonyl (C=O) groups excluding carboxylic acids is 1. The molecule has 7 heteroatoms. The first kappa shape index (κ1) is 22.4. The van der Waals surface area contributed by atoms with Gasteiger partial charge in [-0.3, -0.25) is 4.79 Å². The Morgan fingerprint density at radius 1 is 1.06 bits per heavy atom. The van der Waals surface area contributed by atoms with E-state index in [-0.39, 0.29) is 5.91 Å². The monoisotopic (exact) mass is 429 g/mol. The molecule has 0 aromatic heterocycles. The molecule has 0 saturated carbocycles. The van der Waals surface area contributed by atoms with Gasteiger partial charge >= 0.3 is 0 Å². The molecule has 0 heterocycles. The molecule has 3 aromatic carbocycles. The maximum absolute atomic E-state index is 12.2. The molecule has 0 atom stereocenters. The number of carbonyl (C=O) groups is 1. The normalized spacial score (nSPS) is 10.4. The van der Waals surface area contributed by atoms with Gasteiger partial charge in [-0.2, -0.15) is 10.4 Å². The van der Waals surface area contributed by atoms with Crippen LogP contribution in [0.1, 0.15) is 34.0 Å². The fourth-order valence-corrected chi connectivity index (χ4v) is 2.87. The van der Waals surface area contributed by atoms with E-state index >= 15 is 0 Å². The molecule has 3 aromatic rings. The van der Waals surface area contributed by atoms with Gasteiger partial charge < -0.3 is 14.2 Å². The standard InChI is InChI=1S/C25H23N3O4/c1-3-31-22-10-8-21(9-11-22)25(29)28-27-16-19-7-12-23(24(14-19)30-2)32-17-20-6-4-5-18(13-20)15-26/h4-14,16H,3,17H2,1-2H3,(H,28,29)/b27-16-. The van der Waals surface area contributed by atoms with Gasteiger partial charge in [-0.25, -0.2) is 5.43 Å². The first-order chi connectivity index (χ1) is 15.6. The molecule has 0 saturated heterocycles. The Labute approximate surface area is 186 Å². The number of methoxy groups -OCH3 is 1. The minimum Gasteiger partial charge on any atom is -0.494 e. The van der Waals surface area contributed by atoms with Gasteiger partial charge in [0.25, 0.3) is 5.91 Å². The summed E-state index contributed by atoms with van der Waals surface area (Å²) in [4.78, 5) is 12.2. The topological polar surface area (TPSA) is 92.9 Å². The number of nitriles is 1. The molecule has 0 fully saturated rings. The lowest BCUT2D eigenvalue weighted by molar-refractivity contribution is 0.0955. The van der Waals surface area contributed by atoms with E-state index in [9.17, 15) is 4.79 Å². The Balaban J connectivity index is 1.60. The molecule has 162 valence electrons. The van der Waals surface area contributed by atoms with Crippen molar-refractivity contribution >= 4 is 12.1 Å². The third-order valence-electron chi connectivity index (χ3n) is 4.45. The zero-order valence-corrected chi connectivity index (χ0v) is 17.9. The molecule has 0 unspecified atom stereocenters. The van der Waals surface area contributed by atoms with Gasteiger partial charge in [-0.05, 0) is 72.6 Å². The zero-order chi connectivity index (χ0) is 22.8. The molecule has 0 aliphatic rings. The van der Waals surface area contributed by atoms with E-state index in [2.05, 4.69) is 16.6 Å². The molecule has 0 aliphatic heterocycles. The lowest BCUT2D eigenvalue weighted by Gasteiger charge is -2.11. The van der Waals surface area contributed by atoms with Crippen LogP contribution in [0.15, 0.2) is 71.8 Å². The highest BCUT2D eigenvalue weighted by Crippen LogP contribution is 2.28. The minimum absolute atomic E-state index is 0.303. The predicted molar refractivity (Wildman–Crippen MR) is 121 cm³/mol. The van der Waals surface area contributed by atoms with Crippen molar-refractivity contribution in [1.29, 1.82) is 5.26 Å². The van der Waals surface area contributed by atoms with Crippen molar-refractivity contribution in [2.24, 2.45) is 5.10 Å². The molecule has 0 spiro atoms. The first-order valence-electron chi connectivity index (χ1n) is 9.99. The van der Waals surface area contributed by atoms with Crippen LogP contribution < -0.4 is 19.6 Å². The van der Waals surface area contributed by atoms with Crippen LogP contribution >= 0.6 is 0 Å². The molecule has 3 rings (SSSR count). The van der Waals surface area contributed by atoms with Crippen LogP contribution in [-0.4, -0.2) is 25.8 Å². The molecular formula is C25H23N3O4. The predicted octanol–water partition coefficient (Wildman–Crippen LogP) is 4.31. The number of ether oxygens (including phenoxy) is 3. The van der Waals surface area contributed by atoms with Crippen molar-refractivity contribution in [2.45, 2.75) is 13.5 Å².